The number of ether oxygens (including phenoxy) is 1. The predicted molar refractivity (Wildman–Crippen MR) is 78.1 cm³/mol. The molecule has 1 fully saturated rings. The van der Waals surface area contributed by atoms with E-state index in [1.54, 1.807) is 35.7 Å². The van der Waals surface area contributed by atoms with E-state index in [0.29, 0.717) is 30.3 Å². The molecule has 1 saturated heterocycles. The van der Waals surface area contributed by atoms with Gasteiger partial charge in [0.1, 0.15) is 5.75 Å². The molecule has 6 heteroatoms. The van der Waals surface area contributed by atoms with E-state index in [-0.39, 0.29) is 5.41 Å². The van der Waals surface area contributed by atoms with Crippen LogP contribution in [-0.2, 0) is 10.0 Å². The van der Waals surface area contributed by atoms with E-state index in [9.17, 15) is 8.42 Å². The number of piperidine rings is 1. The quantitative estimate of drug-likeness (QED) is 0.913. The Morgan fingerprint density at radius 3 is 2.25 bits per heavy atom. The number of rotatable bonds is 4. The number of methoxy groups -OCH3 is 1. The largest absolute Gasteiger partial charge is 0.497 e. The van der Waals surface area contributed by atoms with Crippen LogP contribution in [0.3, 0.4) is 0 Å². The molecule has 5 nitrogen and oxygen atoms in total. The van der Waals surface area contributed by atoms with Crippen molar-refractivity contribution < 1.29 is 13.2 Å². The maximum Gasteiger partial charge on any atom is 0.243 e. The third-order valence-electron chi connectivity index (χ3n) is 4.12. The lowest BCUT2D eigenvalue weighted by molar-refractivity contribution is 0.183. The zero-order chi connectivity index (χ0) is 14.8. The fraction of sp³-hybridized carbons (Fsp3) is 0.571. The highest BCUT2D eigenvalue weighted by Crippen LogP contribution is 2.32. The summed E-state index contributed by atoms with van der Waals surface area (Å²) in [5, 5.41) is 0. The monoisotopic (exact) mass is 298 g/mol. The Kier molecular flexibility index (Phi) is 4.36. The maximum absolute atomic E-state index is 12.5. The molecule has 0 radical (unpaired) electrons. The first-order valence-corrected chi connectivity index (χ1v) is 8.20. The van der Waals surface area contributed by atoms with E-state index in [1.807, 2.05) is 0 Å². The van der Waals surface area contributed by atoms with Crippen molar-refractivity contribution in [2.45, 2.75) is 24.7 Å². The van der Waals surface area contributed by atoms with Crippen molar-refractivity contribution in [2.24, 2.45) is 11.1 Å². The molecule has 1 aliphatic rings. The third kappa shape index (κ3) is 2.97. The molecule has 0 bridgehead atoms. The van der Waals surface area contributed by atoms with Gasteiger partial charge in [-0.05, 0) is 49.1 Å². The van der Waals surface area contributed by atoms with Gasteiger partial charge in [-0.15, -0.1) is 0 Å². The fourth-order valence-electron chi connectivity index (χ4n) is 2.37. The molecule has 1 heterocycles. The molecule has 0 atom stereocenters. The highest BCUT2D eigenvalue weighted by atomic mass is 32.2. The normalized spacial score (nSPS) is 19.8. The Labute approximate surface area is 120 Å². The Morgan fingerprint density at radius 2 is 1.80 bits per heavy atom. The summed E-state index contributed by atoms with van der Waals surface area (Å²) in [4.78, 5) is 0.314. The highest BCUT2D eigenvalue weighted by molar-refractivity contribution is 7.89. The molecule has 1 aliphatic heterocycles. The van der Waals surface area contributed by atoms with Crippen molar-refractivity contribution in [3.8, 4) is 5.75 Å². The Balaban J connectivity index is 2.15. The van der Waals surface area contributed by atoms with Gasteiger partial charge in [0, 0.05) is 13.1 Å². The van der Waals surface area contributed by atoms with Crippen LogP contribution in [0.2, 0.25) is 0 Å². The van der Waals surface area contributed by atoms with E-state index < -0.39 is 10.0 Å². The molecule has 1 aromatic rings. The average Bonchev–Trinajstić information content (AvgIpc) is 2.48. The van der Waals surface area contributed by atoms with Gasteiger partial charge in [0.2, 0.25) is 10.0 Å². The summed E-state index contributed by atoms with van der Waals surface area (Å²) in [6, 6.07) is 6.51. The molecule has 0 saturated carbocycles. The molecule has 112 valence electrons. The van der Waals surface area contributed by atoms with Crippen molar-refractivity contribution in [1.82, 2.24) is 4.31 Å². The van der Waals surface area contributed by atoms with Crippen LogP contribution in [0.1, 0.15) is 19.8 Å². The fourth-order valence-corrected chi connectivity index (χ4v) is 3.81. The summed E-state index contributed by atoms with van der Waals surface area (Å²) < 4.78 is 31.7. The average molecular weight is 298 g/mol. The molecule has 0 aromatic heterocycles. The van der Waals surface area contributed by atoms with Gasteiger partial charge >= 0.3 is 0 Å². The van der Waals surface area contributed by atoms with Gasteiger partial charge in [-0.2, -0.15) is 4.31 Å². The van der Waals surface area contributed by atoms with E-state index >= 15 is 0 Å². The first-order valence-electron chi connectivity index (χ1n) is 6.76. The molecule has 0 spiro atoms. The zero-order valence-corrected chi connectivity index (χ0v) is 12.8. The highest BCUT2D eigenvalue weighted by Gasteiger charge is 2.34. The van der Waals surface area contributed by atoms with Crippen molar-refractivity contribution in [2.75, 3.05) is 26.7 Å². The number of nitrogens with two attached hydrogens (primary N) is 1. The van der Waals surface area contributed by atoms with Crippen LogP contribution in [0.25, 0.3) is 0 Å². The lowest BCUT2D eigenvalue weighted by Gasteiger charge is -2.37. The van der Waals surface area contributed by atoms with Gasteiger partial charge in [-0.3, -0.25) is 0 Å². The zero-order valence-electron chi connectivity index (χ0n) is 12.0. The van der Waals surface area contributed by atoms with E-state index in [1.165, 1.54) is 0 Å². The minimum Gasteiger partial charge on any atom is -0.497 e. The molecular weight excluding hydrogens is 276 g/mol. The number of hydrogen-bond acceptors (Lipinski definition) is 4. The number of nitrogens with zero attached hydrogens (tertiary/aromatic N) is 1. The van der Waals surface area contributed by atoms with Gasteiger partial charge in [-0.1, -0.05) is 6.92 Å². The Hall–Kier alpha value is -1.11. The maximum atomic E-state index is 12.5. The molecule has 0 aliphatic carbocycles. The van der Waals surface area contributed by atoms with Gasteiger partial charge in [0.25, 0.3) is 0 Å². The van der Waals surface area contributed by atoms with Crippen LogP contribution >= 0.6 is 0 Å². The smallest absolute Gasteiger partial charge is 0.243 e. The summed E-state index contributed by atoms with van der Waals surface area (Å²) >= 11 is 0. The van der Waals surface area contributed by atoms with Crippen LogP contribution < -0.4 is 10.5 Å². The van der Waals surface area contributed by atoms with Crippen LogP contribution in [0.5, 0.6) is 5.75 Å². The van der Waals surface area contributed by atoms with Crippen molar-refractivity contribution in [3.05, 3.63) is 24.3 Å². The summed E-state index contributed by atoms with van der Waals surface area (Å²) in [6.07, 6.45) is 1.61. The Morgan fingerprint density at radius 1 is 1.25 bits per heavy atom. The van der Waals surface area contributed by atoms with Crippen molar-refractivity contribution in [1.29, 1.82) is 0 Å². The standard InChI is InChI=1S/C14H22N2O3S/c1-14(11-15)7-9-16(10-8-14)20(17,18)13-5-3-12(19-2)4-6-13/h3-6H,7-11,15H2,1-2H3. The topological polar surface area (TPSA) is 72.6 Å². The van der Waals surface area contributed by atoms with Gasteiger partial charge in [0.15, 0.2) is 0 Å². The molecule has 0 amide bonds. The number of hydrogen-bond donors (Lipinski definition) is 1. The molecule has 20 heavy (non-hydrogen) atoms. The molecule has 0 unspecified atom stereocenters. The summed E-state index contributed by atoms with van der Waals surface area (Å²) in [5.74, 6) is 0.651. The van der Waals surface area contributed by atoms with Gasteiger partial charge in [-0.25, -0.2) is 8.42 Å². The van der Waals surface area contributed by atoms with E-state index in [0.717, 1.165) is 12.8 Å². The second-order valence-electron chi connectivity index (χ2n) is 5.59. The third-order valence-corrected chi connectivity index (χ3v) is 6.03. The lowest BCUT2D eigenvalue weighted by atomic mass is 9.81. The number of benzene rings is 1. The minimum atomic E-state index is -3.41. The van der Waals surface area contributed by atoms with Gasteiger partial charge in [0.05, 0.1) is 12.0 Å². The van der Waals surface area contributed by atoms with E-state index in [4.69, 9.17) is 10.5 Å². The lowest BCUT2D eigenvalue weighted by Crippen LogP contribution is -2.44. The molecule has 1 aromatic carbocycles. The molecular formula is C14H22N2O3S. The first-order chi connectivity index (χ1) is 9.41. The SMILES string of the molecule is COc1ccc(S(=O)(=O)N2CCC(C)(CN)CC2)cc1. The predicted octanol–water partition coefficient (Wildman–Crippen LogP) is 1.44. The van der Waals surface area contributed by atoms with Crippen molar-refractivity contribution in [3.63, 3.8) is 0 Å². The van der Waals surface area contributed by atoms with Crippen LogP contribution in [0.15, 0.2) is 29.2 Å². The first kappa shape index (κ1) is 15.3. The summed E-state index contributed by atoms with van der Waals surface area (Å²) in [5.41, 5.74) is 5.81. The molecule has 2 N–H and O–H groups in total. The van der Waals surface area contributed by atoms with Crippen LogP contribution in [-0.4, -0.2) is 39.5 Å². The van der Waals surface area contributed by atoms with Crippen LogP contribution in [0, 0.1) is 5.41 Å². The second kappa shape index (κ2) is 5.71. The van der Waals surface area contributed by atoms with Gasteiger partial charge < -0.3 is 10.5 Å². The minimum absolute atomic E-state index is 0.0614. The van der Waals surface area contributed by atoms with Crippen molar-refractivity contribution >= 4 is 10.0 Å². The van der Waals surface area contributed by atoms with Crippen LogP contribution in [0.4, 0.5) is 0 Å². The number of sulfonamides is 1. The molecule has 2 rings (SSSR count). The summed E-state index contributed by atoms with van der Waals surface area (Å²) in [6.45, 7) is 3.78. The Bertz CT molecular complexity index is 546. The second-order valence-corrected chi connectivity index (χ2v) is 7.53. The van der Waals surface area contributed by atoms with E-state index in [2.05, 4.69) is 6.92 Å². The summed E-state index contributed by atoms with van der Waals surface area (Å²) in [7, 11) is -1.85.